The highest BCUT2D eigenvalue weighted by Crippen LogP contribution is 2.12. The van der Waals surface area contributed by atoms with Gasteiger partial charge in [-0.1, -0.05) is 5.16 Å². The van der Waals surface area contributed by atoms with Gasteiger partial charge >= 0.3 is 0 Å². The maximum absolute atomic E-state index is 5.75. The number of rotatable bonds is 5. The summed E-state index contributed by atoms with van der Waals surface area (Å²) in [6.07, 6.45) is 0. The van der Waals surface area contributed by atoms with Crippen molar-refractivity contribution in [1.29, 1.82) is 0 Å². The van der Waals surface area contributed by atoms with E-state index in [4.69, 9.17) is 15.0 Å². The molecule has 0 spiro atoms. The van der Waals surface area contributed by atoms with Crippen LogP contribution in [0.25, 0.3) is 0 Å². The van der Waals surface area contributed by atoms with Crippen molar-refractivity contribution >= 4 is 5.96 Å². The Morgan fingerprint density at radius 2 is 2.29 bits per heavy atom. The molecule has 0 aromatic carbocycles. The first-order chi connectivity index (χ1) is 8.04. The van der Waals surface area contributed by atoms with Gasteiger partial charge in [-0.05, 0) is 20.8 Å². The van der Waals surface area contributed by atoms with Crippen molar-refractivity contribution in [2.75, 3.05) is 13.7 Å². The Balaban J connectivity index is 2.53. The SMILES string of the molecule is COCC(C)NC(N)=NCc1c(C)noc1C. The normalized spacial score (nSPS) is 13.8. The highest BCUT2D eigenvalue weighted by atomic mass is 16.5. The van der Waals surface area contributed by atoms with Crippen LogP contribution >= 0.6 is 0 Å². The molecule has 0 bridgehead atoms. The summed E-state index contributed by atoms with van der Waals surface area (Å²) in [4.78, 5) is 4.24. The lowest BCUT2D eigenvalue weighted by Gasteiger charge is -2.12. The van der Waals surface area contributed by atoms with Gasteiger partial charge in [0.1, 0.15) is 5.76 Å². The maximum atomic E-state index is 5.75. The van der Waals surface area contributed by atoms with Crippen LogP contribution in [0.1, 0.15) is 23.9 Å². The molecule has 1 rings (SSSR count). The number of ether oxygens (including phenoxy) is 1. The van der Waals surface area contributed by atoms with E-state index in [-0.39, 0.29) is 6.04 Å². The van der Waals surface area contributed by atoms with Crippen LogP contribution in [0.4, 0.5) is 0 Å². The number of aliphatic imine (C=N–C) groups is 1. The minimum Gasteiger partial charge on any atom is -0.383 e. The van der Waals surface area contributed by atoms with Gasteiger partial charge in [0.25, 0.3) is 0 Å². The topological polar surface area (TPSA) is 85.7 Å². The van der Waals surface area contributed by atoms with Crippen LogP contribution in [-0.4, -0.2) is 30.9 Å². The molecule has 1 unspecified atom stereocenters. The Kier molecular flexibility index (Phi) is 4.96. The van der Waals surface area contributed by atoms with E-state index in [9.17, 15) is 0 Å². The number of hydrogen-bond donors (Lipinski definition) is 2. The van der Waals surface area contributed by atoms with Gasteiger partial charge in [-0.2, -0.15) is 0 Å². The molecule has 0 fully saturated rings. The number of guanidine groups is 1. The van der Waals surface area contributed by atoms with E-state index in [1.165, 1.54) is 0 Å². The zero-order chi connectivity index (χ0) is 12.8. The van der Waals surface area contributed by atoms with Crippen molar-refractivity contribution in [3.63, 3.8) is 0 Å². The van der Waals surface area contributed by atoms with E-state index < -0.39 is 0 Å². The molecule has 17 heavy (non-hydrogen) atoms. The van der Waals surface area contributed by atoms with Gasteiger partial charge in [-0.25, -0.2) is 4.99 Å². The number of aromatic nitrogens is 1. The van der Waals surface area contributed by atoms with Crippen molar-refractivity contribution in [3.05, 3.63) is 17.0 Å². The second-order valence-corrected chi connectivity index (χ2v) is 4.00. The fourth-order valence-corrected chi connectivity index (χ4v) is 1.48. The molecule has 1 atom stereocenters. The Morgan fingerprint density at radius 1 is 1.59 bits per heavy atom. The van der Waals surface area contributed by atoms with E-state index in [0.29, 0.717) is 19.1 Å². The van der Waals surface area contributed by atoms with Crippen LogP contribution in [0.15, 0.2) is 9.52 Å². The molecule has 1 heterocycles. The Morgan fingerprint density at radius 3 is 2.82 bits per heavy atom. The minimum absolute atomic E-state index is 0.133. The second-order valence-electron chi connectivity index (χ2n) is 4.00. The van der Waals surface area contributed by atoms with Gasteiger partial charge < -0.3 is 20.3 Å². The van der Waals surface area contributed by atoms with E-state index in [1.54, 1.807) is 7.11 Å². The highest BCUT2D eigenvalue weighted by molar-refractivity contribution is 5.78. The standard InChI is InChI=1S/C11H20N4O2/c1-7(6-16-4)14-11(12)13-5-10-8(2)15-17-9(10)3/h7H,5-6H2,1-4H3,(H3,12,13,14). The molecular weight excluding hydrogens is 220 g/mol. The van der Waals surface area contributed by atoms with Crippen molar-refractivity contribution < 1.29 is 9.26 Å². The summed E-state index contributed by atoms with van der Waals surface area (Å²) in [5.41, 5.74) is 7.59. The molecule has 6 nitrogen and oxygen atoms in total. The van der Waals surface area contributed by atoms with Crippen LogP contribution in [0.3, 0.4) is 0 Å². The number of methoxy groups -OCH3 is 1. The second kappa shape index (κ2) is 6.24. The average Bonchev–Trinajstić information content (AvgIpc) is 2.56. The van der Waals surface area contributed by atoms with Gasteiger partial charge in [0.05, 0.1) is 18.8 Å². The van der Waals surface area contributed by atoms with Gasteiger partial charge in [0.15, 0.2) is 5.96 Å². The van der Waals surface area contributed by atoms with Gasteiger partial charge in [0.2, 0.25) is 0 Å². The summed E-state index contributed by atoms with van der Waals surface area (Å²) in [5.74, 6) is 1.18. The number of nitrogens with two attached hydrogens (primary N) is 1. The lowest BCUT2D eigenvalue weighted by molar-refractivity contribution is 0.179. The van der Waals surface area contributed by atoms with Gasteiger partial charge in [-0.15, -0.1) is 0 Å². The monoisotopic (exact) mass is 240 g/mol. The molecule has 0 aliphatic heterocycles. The van der Waals surface area contributed by atoms with Crippen LogP contribution < -0.4 is 11.1 Å². The summed E-state index contributed by atoms with van der Waals surface area (Å²) >= 11 is 0. The fourth-order valence-electron chi connectivity index (χ4n) is 1.48. The first-order valence-electron chi connectivity index (χ1n) is 5.51. The van der Waals surface area contributed by atoms with Crippen LogP contribution in [0, 0.1) is 13.8 Å². The van der Waals surface area contributed by atoms with Crippen LogP contribution in [-0.2, 0) is 11.3 Å². The van der Waals surface area contributed by atoms with Crippen molar-refractivity contribution in [2.45, 2.75) is 33.4 Å². The molecule has 0 radical (unpaired) electrons. The summed E-state index contributed by atoms with van der Waals surface area (Å²) in [6, 6.07) is 0.133. The summed E-state index contributed by atoms with van der Waals surface area (Å²) in [7, 11) is 1.65. The maximum Gasteiger partial charge on any atom is 0.189 e. The molecule has 0 amide bonds. The first-order valence-corrected chi connectivity index (χ1v) is 5.51. The lowest BCUT2D eigenvalue weighted by atomic mass is 10.2. The van der Waals surface area contributed by atoms with Gasteiger partial charge in [-0.3, -0.25) is 0 Å². The lowest BCUT2D eigenvalue weighted by Crippen LogP contribution is -2.40. The summed E-state index contributed by atoms with van der Waals surface area (Å²) in [5, 5.41) is 6.89. The zero-order valence-corrected chi connectivity index (χ0v) is 10.8. The molecule has 1 aromatic rings. The molecule has 6 heteroatoms. The van der Waals surface area contributed by atoms with Crippen LogP contribution in [0.5, 0.6) is 0 Å². The predicted octanol–water partition coefficient (Wildman–Crippen LogP) is 0.731. The molecule has 0 saturated carbocycles. The third-order valence-corrected chi connectivity index (χ3v) is 2.40. The van der Waals surface area contributed by atoms with Gasteiger partial charge in [0, 0.05) is 18.7 Å². The Bertz CT molecular complexity index is 367. The number of nitrogens with one attached hydrogen (secondary N) is 1. The van der Waals surface area contributed by atoms with E-state index in [0.717, 1.165) is 17.0 Å². The molecule has 1 aromatic heterocycles. The Hall–Kier alpha value is -1.56. The minimum atomic E-state index is 0.133. The summed E-state index contributed by atoms with van der Waals surface area (Å²) in [6.45, 7) is 6.78. The van der Waals surface area contributed by atoms with Crippen molar-refractivity contribution in [1.82, 2.24) is 10.5 Å². The first kappa shape index (κ1) is 13.5. The number of aryl methyl sites for hydroxylation is 2. The molecular formula is C11H20N4O2. The smallest absolute Gasteiger partial charge is 0.189 e. The van der Waals surface area contributed by atoms with Crippen molar-refractivity contribution in [2.24, 2.45) is 10.7 Å². The fraction of sp³-hybridized carbons (Fsp3) is 0.636. The zero-order valence-electron chi connectivity index (χ0n) is 10.8. The largest absolute Gasteiger partial charge is 0.383 e. The highest BCUT2D eigenvalue weighted by Gasteiger charge is 2.08. The average molecular weight is 240 g/mol. The molecule has 0 aliphatic carbocycles. The van der Waals surface area contributed by atoms with Crippen LogP contribution in [0.2, 0.25) is 0 Å². The number of nitrogens with zero attached hydrogens (tertiary/aromatic N) is 2. The number of hydrogen-bond acceptors (Lipinski definition) is 4. The molecule has 0 saturated heterocycles. The molecule has 3 N–H and O–H groups in total. The predicted molar refractivity (Wildman–Crippen MR) is 65.8 cm³/mol. The third-order valence-electron chi connectivity index (χ3n) is 2.40. The van der Waals surface area contributed by atoms with E-state index >= 15 is 0 Å². The van der Waals surface area contributed by atoms with E-state index in [1.807, 2.05) is 20.8 Å². The summed E-state index contributed by atoms with van der Waals surface area (Å²) < 4.78 is 10.0. The van der Waals surface area contributed by atoms with E-state index in [2.05, 4.69) is 15.5 Å². The quantitative estimate of drug-likeness (QED) is 0.585. The molecule has 96 valence electrons. The third kappa shape index (κ3) is 4.07. The molecule has 0 aliphatic rings. The van der Waals surface area contributed by atoms with Crippen molar-refractivity contribution in [3.8, 4) is 0 Å². The Labute approximate surface area is 101 Å².